The quantitative estimate of drug-likeness (QED) is 0.688. The normalized spacial score (nSPS) is 12.5. The fourth-order valence-electron chi connectivity index (χ4n) is 2.47. The first-order chi connectivity index (χ1) is 11.5. The van der Waals surface area contributed by atoms with E-state index in [2.05, 4.69) is 5.32 Å². The van der Waals surface area contributed by atoms with Gasteiger partial charge < -0.3 is 14.8 Å². The number of nitro benzene ring substituents is 1. The number of benzene rings is 2. The standard InChI is InChI=1S/C17H16N2O5/c1-11-2-4-13(10-14(11)19(21)22)18-17(20)9-12-3-5-15-16(8-12)24-7-6-23-15/h2-5,8,10H,6-7,9H2,1H3,(H,18,20). The molecule has 0 saturated carbocycles. The molecule has 1 N–H and O–H groups in total. The molecule has 1 aliphatic heterocycles. The number of ether oxygens (including phenoxy) is 2. The van der Waals surface area contributed by atoms with Gasteiger partial charge in [0.1, 0.15) is 13.2 Å². The second-order valence-corrected chi connectivity index (χ2v) is 5.46. The van der Waals surface area contributed by atoms with Gasteiger partial charge in [0.05, 0.1) is 11.3 Å². The van der Waals surface area contributed by atoms with Crippen molar-refractivity contribution in [2.45, 2.75) is 13.3 Å². The maximum Gasteiger partial charge on any atom is 0.274 e. The smallest absolute Gasteiger partial charge is 0.274 e. The number of amides is 1. The molecule has 0 saturated heterocycles. The van der Waals surface area contributed by atoms with Crippen LogP contribution in [0.2, 0.25) is 0 Å². The minimum absolute atomic E-state index is 0.0212. The summed E-state index contributed by atoms with van der Waals surface area (Å²) in [7, 11) is 0. The predicted molar refractivity (Wildman–Crippen MR) is 87.6 cm³/mol. The van der Waals surface area contributed by atoms with E-state index in [0.717, 1.165) is 5.56 Å². The third-order valence-corrected chi connectivity index (χ3v) is 3.66. The highest BCUT2D eigenvalue weighted by molar-refractivity contribution is 5.92. The lowest BCUT2D eigenvalue weighted by Gasteiger charge is -2.18. The van der Waals surface area contributed by atoms with Crippen LogP contribution in [-0.4, -0.2) is 24.0 Å². The van der Waals surface area contributed by atoms with Crippen molar-refractivity contribution >= 4 is 17.3 Å². The molecule has 0 bridgehead atoms. The molecule has 0 aliphatic carbocycles. The number of hydrogen-bond donors (Lipinski definition) is 1. The monoisotopic (exact) mass is 328 g/mol. The maximum atomic E-state index is 12.2. The van der Waals surface area contributed by atoms with Crippen LogP contribution < -0.4 is 14.8 Å². The van der Waals surface area contributed by atoms with Crippen molar-refractivity contribution in [3.8, 4) is 11.5 Å². The molecule has 24 heavy (non-hydrogen) atoms. The molecule has 0 unspecified atom stereocenters. The zero-order chi connectivity index (χ0) is 17.1. The number of nitrogens with zero attached hydrogens (tertiary/aromatic N) is 1. The van der Waals surface area contributed by atoms with Crippen molar-refractivity contribution < 1.29 is 19.2 Å². The molecular weight excluding hydrogens is 312 g/mol. The van der Waals surface area contributed by atoms with E-state index >= 15 is 0 Å². The minimum Gasteiger partial charge on any atom is -0.486 e. The van der Waals surface area contributed by atoms with Crippen LogP contribution in [0, 0.1) is 17.0 Å². The highest BCUT2D eigenvalue weighted by atomic mass is 16.6. The number of nitrogens with one attached hydrogen (secondary N) is 1. The van der Waals surface area contributed by atoms with Gasteiger partial charge in [-0.1, -0.05) is 12.1 Å². The third-order valence-electron chi connectivity index (χ3n) is 3.66. The Morgan fingerprint density at radius 3 is 2.67 bits per heavy atom. The fourth-order valence-corrected chi connectivity index (χ4v) is 2.47. The van der Waals surface area contributed by atoms with Gasteiger partial charge in [0, 0.05) is 17.3 Å². The molecule has 3 rings (SSSR count). The summed E-state index contributed by atoms with van der Waals surface area (Å²) in [5.41, 5.74) is 1.70. The Kier molecular flexibility index (Phi) is 4.33. The molecule has 0 radical (unpaired) electrons. The molecule has 1 heterocycles. The van der Waals surface area contributed by atoms with E-state index in [1.54, 1.807) is 37.3 Å². The van der Waals surface area contributed by atoms with Crippen LogP contribution in [0.15, 0.2) is 36.4 Å². The number of rotatable bonds is 4. The Morgan fingerprint density at radius 1 is 1.17 bits per heavy atom. The average molecular weight is 328 g/mol. The summed E-state index contributed by atoms with van der Waals surface area (Å²) >= 11 is 0. The van der Waals surface area contributed by atoms with Crippen molar-refractivity contribution in [2.75, 3.05) is 18.5 Å². The van der Waals surface area contributed by atoms with Crippen LogP contribution in [0.5, 0.6) is 11.5 Å². The lowest BCUT2D eigenvalue weighted by molar-refractivity contribution is -0.385. The lowest BCUT2D eigenvalue weighted by atomic mass is 10.1. The van der Waals surface area contributed by atoms with Crippen LogP contribution in [0.25, 0.3) is 0 Å². The van der Waals surface area contributed by atoms with Gasteiger partial charge in [-0.25, -0.2) is 0 Å². The Balaban J connectivity index is 1.70. The summed E-state index contributed by atoms with van der Waals surface area (Å²) in [5.74, 6) is 1.03. The van der Waals surface area contributed by atoms with Gasteiger partial charge in [-0.2, -0.15) is 0 Å². The molecule has 2 aromatic rings. The van der Waals surface area contributed by atoms with Crippen molar-refractivity contribution in [3.05, 3.63) is 57.6 Å². The van der Waals surface area contributed by atoms with Crippen LogP contribution >= 0.6 is 0 Å². The summed E-state index contributed by atoms with van der Waals surface area (Å²) < 4.78 is 10.9. The van der Waals surface area contributed by atoms with Gasteiger partial charge in [0.25, 0.3) is 5.69 Å². The molecule has 0 atom stereocenters. The van der Waals surface area contributed by atoms with Gasteiger partial charge in [0.2, 0.25) is 5.91 Å². The molecule has 0 aromatic heterocycles. The average Bonchev–Trinajstić information content (AvgIpc) is 2.56. The number of hydrogen-bond acceptors (Lipinski definition) is 5. The van der Waals surface area contributed by atoms with Crippen LogP contribution in [0.4, 0.5) is 11.4 Å². The van der Waals surface area contributed by atoms with E-state index in [1.165, 1.54) is 6.07 Å². The van der Waals surface area contributed by atoms with Gasteiger partial charge in [-0.05, 0) is 30.7 Å². The van der Waals surface area contributed by atoms with Crippen LogP contribution in [0.1, 0.15) is 11.1 Å². The van der Waals surface area contributed by atoms with E-state index in [9.17, 15) is 14.9 Å². The largest absolute Gasteiger partial charge is 0.486 e. The molecule has 7 heteroatoms. The maximum absolute atomic E-state index is 12.2. The third kappa shape index (κ3) is 3.45. The van der Waals surface area contributed by atoms with Crippen molar-refractivity contribution in [3.63, 3.8) is 0 Å². The number of carbonyl (C=O) groups excluding carboxylic acids is 1. The van der Waals surface area contributed by atoms with Crippen molar-refractivity contribution in [1.82, 2.24) is 0 Å². The summed E-state index contributed by atoms with van der Waals surface area (Å²) in [4.78, 5) is 22.7. The summed E-state index contributed by atoms with van der Waals surface area (Å²) in [6.45, 7) is 2.65. The highest BCUT2D eigenvalue weighted by Gasteiger charge is 2.15. The van der Waals surface area contributed by atoms with Crippen molar-refractivity contribution in [2.24, 2.45) is 0 Å². The Labute approximate surface area is 138 Å². The van der Waals surface area contributed by atoms with E-state index < -0.39 is 4.92 Å². The van der Waals surface area contributed by atoms with E-state index in [1.807, 2.05) is 0 Å². The van der Waals surface area contributed by atoms with E-state index in [4.69, 9.17) is 9.47 Å². The minimum atomic E-state index is -0.466. The number of aryl methyl sites for hydroxylation is 1. The summed E-state index contributed by atoms with van der Waals surface area (Å²) in [5, 5.41) is 13.6. The van der Waals surface area contributed by atoms with Crippen LogP contribution in [-0.2, 0) is 11.2 Å². The summed E-state index contributed by atoms with van der Waals surface area (Å²) in [6.07, 6.45) is 0.137. The molecule has 124 valence electrons. The Hall–Kier alpha value is -3.09. The van der Waals surface area contributed by atoms with E-state index in [-0.39, 0.29) is 18.0 Å². The number of nitro groups is 1. The lowest BCUT2D eigenvalue weighted by Crippen LogP contribution is -2.17. The molecular formula is C17H16N2O5. The van der Waals surface area contributed by atoms with Gasteiger partial charge >= 0.3 is 0 Å². The SMILES string of the molecule is Cc1ccc(NC(=O)Cc2ccc3c(c2)OCCO3)cc1[N+](=O)[O-]. The summed E-state index contributed by atoms with van der Waals surface area (Å²) in [6, 6.07) is 9.95. The Bertz CT molecular complexity index is 804. The molecule has 0 spiro atoms. The fraction of sp³-hybridized carbons (Fsp3) is 0.235. The topological polar surface area (TPSA) is 90.7 Å². The second kappa shape index (κ2) is 6.57. The molecule has 2 aromatic carbocycles. The van der Waals surface area contributed by atoms with Gasteiger partial charge in [-0.15, -0.1) is 0 Å². The second-order valence-electron chi connectivity index (χ2n) is 5.46. The molecule has 7 nitrogen and oxygen atoms in total. The number of anilines is 1. The first-order valence-electron chi connectivity index (χ1n) is 7.46. The number of carbonyl (C=O) groups is 1. The predicted octanol–water partition coefficient (Wildman–Crippen LogP) is 2.86. The van der Waals surface area contributed by atoms with Gasteiger partial charge in [-0.3, -0.25) is 14.9 Å². The van der Waals surface area contributed by atoms with E-state index in [0.29, 0.717) is 36.0 Å². The molecule has 0 fully saturated rings. The molecule has 1 aliphatic rings. The number of fused-ring (bicyclic) bond motifs is 1. The Morgan fingerprint density at radius 2 is 1.92 bits per heavy atom. The first-order valence-corrected chi connectivity index (χ1v) is 7.46. The molecule has 1 amide bonds. The van der Waals surface area contributed by atoms with Crippen molar-refractivity contribution in [1.29, 1.82) is 0 Å². The van der Waals surface area contributed by atoms with Gasteiger partial charge in [0.15, 0.2) is 11.5 Å². The van der Waals surface area contributed by atoms with Crippen LogP contribution in [0.3, 0.4) is 0 Å². The zero-order valence-electron chi connectivity index (χ0n) is 13.1. The zero-order valence-corrected chi connectivity index (χ0v) is 13.1. The highest BCUT2D eigenvalue weighted by Crippen LogP contribution is 2.31. The first kappa shape index (κ1) is 15.8.